The zero-order chi connectivity index (χ0) is 16.7. The summed E-state index contributed by atoms with van der Waals surface area (Å²) in [6.07, 6.45) is 1.02. The van der Waals surface area contributed by atoms with Crippen LogP contribution >= 0.6 is 0 Å². The fourth-order valence-corrected chi connectivity index (χ4v) is 3.56. The van der Waals surface area contributed by atoms with E-state index in [0.717, 1.165) is 24.0 Å². The van der Waals surface area contributed by atoms with Gasteiger partial charge in [0.25, 0.3) is 0 Å². The molecule has 4 rings (SSSR count). The lowest BCUT2D eigenvalue weighted by Gasteiger charge is -2.19. The number of nitrogens with zero attached hydrogens (tertiary/aromatic N) is 2. The highest BCUT2D eigenvalue weighted by molar-refractivity contribution is 6.02. The maximum Gasteiger partial charge on any atom is 0.201 e. The van der Waals surface area contributed by atoms with Crippen molar-refractivity contribution in [1.29, 1.82) is 0 Å². The molecule has 3 aromatic rings. The Morgan fingerprint density at radius 3 is 2.54 bits per heavy atom. The quantitative estimate of drug-likeness (QED) is 0.532. The number of fused-ring (bicyclic) bond motifs is 2. The molecule has 0 bridgehead atoms. The first-order valence-electron chi connectivity index (χ1n) is 8.33. The minimum atomic E-state index is 0.563. The van der Waals surface area contributed by atoms with Crippen LogP contribution in [-0.4, -0.2) is 12.5 Å². The first-order valence-corrected chi connectivity index (χ1v) is 8.33. The summed E-state index contributed by atoms with van der Waals surface area (Å²) in [5, 5.41) is 2.37. The van der Waals surface area contributed by atoms with Crippen molar-refractivity contribution in [2.75, 3.05) is 11.4 Å². The van der Waals surface area contributed by atoms with E-state index in [4.69, 9.17) is 10.7 Å². The summed E-state index contributed by atoms with van der Waals surface area (Å²) < 4.78 is 0. The van der Waals surface area contributed by atoms with Gasteiger partial charge in [-0.15, -0.1) is 0 Å². The number of aryl methyl sites for hydroxylation is 2. The van der Waals surface area contributed by atoms with Crippen LogP contribution in [-0.2, 0) is 6.42 Å². The molecule has 1 heterocycles. The van der Waals surface area contributed by atoms with Crippen LogP contribution in [0.15, 0.2) is 59.6 Å². The molecule has 0 spiro atoms. The van der Waals surface area contributed by atoms with Gasteiger partial charge in [-0.05, 0) is 54.5 Å². The van der Waals surface area contributed by atoms with Gasteiger partial charge in [-0.1, -0.05) is 42.5 Å². The number of benzene rings is 3. The van der Waals surface area contributed by atoms with E-state index in [9.17, 15) is 0 Å². The Kier molecular flexibility index (Phi) is 3.49. The van der Waals surface area contributed by atoms with Crippen molar-refractivity contribution in [3.05, 3.63) is 71.3 Å². The Hall–Kier alpha value is -2.81. The molecule has 1 aliphatic rings. The molecular weight excluding hydrogens is 294 g/mol. The molecule has 0 aromatic heterocycles. The third-order valence-electron chi connectivity index (χ3n) is 4.89. The summed E-state index contributed by atoms with van der Waals surface area (Å²) in [5.74, 6) is 0.563. The largest absolute Gasteiger partial charge is 0.369 e. The predicted molar refractivity (Wildman–Crippen MR) is 102 cm³/mol. The van der Waals surface area contributed by atoms with Crippen LogP contribution in [0.3, 0.4) is 0 Å². The monoisotopic (exact) mass is 315 g/mol. The Morgan fingerprint density at radius 2 is 1.71 bits per heavy atom. The number of guanidine groups is 1. The molecule has 0 atom stereocenters. The van der Waals surface area contributed by atoms with Gasteiger partial charge >= 0.3 is 0 Å². The fraction of sp³-hybridized carbons (Fsp3) is 0.190. The summed E-state index contributed by atoms with van der Waals surface area (Å²) in [6.45, 7) is 5.17. The Balaban J connectivity index is 1.78. The van der Waals surface area contributed by atoms with Crippen molar-refractivity contribution in [2.24, 2.45) is 10.7 Å². The molecule has 2 N–H and O–H groups in total. The second kappa shape index (κ2) is 5.68. The smallest absolute Gasteiger partial charge is 0.201 e. The van der Waals surface area contributed by atoms with Crippen molar-refractivity contribution >= 4 is 28.1 Å². The highest BCUT2D eigenvalue weighted by Gasteiger charge is 2.22. The van der Waals surface area contributed by atoms with Crippen LogP contribution in [0.5, 0.6) is 0 Å². The van der Waals surface area contributed by atoms with Gasteiger partial charge < -0.3 is 10.6 Å². The molecule has 0 saturated carbocycles. The average Bonchev–Trinajstić information content (AvgIpc) is 3.03. The molecule has 24 heavy (non-hydrogen) atoms. The lowest BCUT2D eigenvalue weighted by molar-refractivity contribution is 1.01. The van der Waals surface area contributed by atoms with Crippen molar-refractivity contribution in [2.45, 2.75) is 20.3 Å². The van der Waals surface area contributed by atoms with E-state index < -0.39 is 0 Å². The lowest BCUT2D eigenvalue weighted by Crippen LogP contribution is -2.35. The van der Waals surface area contributed by atoms with Crippen LogP contribution in [0, 0.1) is 13.8 Å². The SMILES string of the molecule is Cc1cccc2c1CCN2C(N)=Nc1ccc(C)c2ccccc12. The fourth-order valence-electron chi connectivity index (χ4n) is 3.56. The molecular formula is C21H21N3. The summed E-state index contributed by atoms with van der Waals surface area (Å²) in [6, 6.07) is 18.9. The van der Waals surface area contributed by atoms with E-state index in [1.165, 1.54) is 27.8 Å². The molecule has 3 nitrogen and oxygen atoms in total. The topological polar surface area (TPSA) is 41.6 Å². The third kappa shape index (κ3) is 2.33. The Morgan fingerprint density at radius 1 is 0.917 bits per heavy atom. The first kappa shape index (κ1) is 14.8. The summed E-state index contributed by atoms with van der Waals surface area (Å²) in [7, 11) is 0. The molecule has 120 valence electrons. The number of rotatable bonds is 1. The van der Waals surface area contributed by atoms with Crippen molar-refractivity contribution in [1.82, 2.24) is 0 Å². The molecule has 0 radical (unpaired) electrons. The number of aliphatic imine (C=N–C) groups is 1. The van der Waals surface area contributed by atoms with Crippen LogP contribution in [0.1, 0.15) is 16.7 Å². The van der Waals surface area contributed by atoms with Crippen molar-refractivity contribution in [3.63, 3.8) is 0 Å². The zero-order valence-electron chi connectivity index (χ0n) is 14.1. The molecule has 0 fully saturated rings. The van der Waals surface area contributed by atoms with E-state index in [1.807, 2.05) is 6.07 Å². The molecule has 1 aliphatic heterocycles. The summed E-state index contributed by atoms with van der Waals surface area (Å²) in [4.78, 5) is 6.88. The van der Waals surface area contributed by atoms with E-state index in [-0.39, 0.29) is 0 Å². The summed E-state index contributed by atoms with van der Waals surface area (Å²) >= 11 is 0. The molecule has 3 aromatic carbocycles. The van der Waals surface area contributed by atoms with Crippen LogP contribution in [0.25, 0.3) is 10.8 Å². The van der Waals surface area contributed by atoms with Gasteiger partial charge in [0.05, 0.1) is 5.69 Å². The normalized spacial score (nSPS) is 14.2. The van der Waals surface area contributed by atoms with Gasteiger partial charge in [0.2, 0.25) is 5.96 Å². The van der Waals surface area contributed by atoms with Gasteiger partial charge in [-0.2, -0.15) is 0 Å². The highest BCUT2D eigenvalue weighted by Crippen LogP contribution is 2.32. The molecule has 0 amide bonds. The third-order valence-corrected chi connectivity index (χ3v) is 4.89. The number of hydrogen-bond donors (Lipinski definition) is 1. The number of hydrogen-bond acceptors (Lipinski definition) is 1. The second-order valence-corrected chi connectivity index (χ2v) is 6.39. The van der Waals surface area contributed by atoms with E-state index in [2.05, 4.69) is 67.3 Å². The van der Waals surface area contributed by atoms with Crippen molar-refractivity contribution in [3.8, 4) is 0 Å². The second-order valence-electron chi connectivity index (χ2n) is 6.39. The van der Waals surface area contributed by atoms with Gasteiger partial charge in [0, 0.05) is 17.6 Å². The molecule has 0 unspecified atom stereocenters. The predicted octanol–water partition coefficient (Wildman–Crippen LogP) is 4.47. The first-order chi connectivity index (χ1) is 11.6. The van der Waals surface area contributed by atoms with Gasteiger partial charge in [-0.3, -0.25) is 0 Å². The van der Waals surface area contributed by atoms with Gasteiger partial charge in [-0.25, -0.2) is 4.99 Å². The van der Waals surface area contributed by atoms with Gasteiger partial charge in [0.1, 0.15) is 0 Å². The van der Waals surface area contributed by atoms with Gasteiger partial charge in [0.15, 0.2) is 0 Å². The molecule has 3 heteroatoms. The lowest BCUT2D eigenvalue weighted by atomic mass is 10.0. The Labute approximate surface area is 142 Å². The Bertz CT molecular complexity index is 956. The average molecular weight is 315 g/mol. The maximum atomic E-state index is 6.38. The van der Waals surface area contributed by atoms with Crippen LogP contribution in [0.2, 0.25) is 0 Å². The minimum absolute atomic E-state index is 0.563. The standard InChI is InChI=1S/C21H21N3/c1-14-6-5-9-20-17(14)12-13-24(20)21(22)23-19-11-10-15(2)16-7-3-4-8-18(16)19/h3-11H,12-13H2,1-2H3,(H2,22,23). The van der Waals surface area contributed by atoms with Crippen molar-refractivity contribution < 1.29 is 0 Å². The van der Waals surface area contributed by atoms with E-state index in [1.54, 1.807) is 0 Å². The molecule has 0 aliphatic carbocycles. The number of anilines is 1. The highest BCUT2D eigenvalue weighted by atomic mass is 15.3. The summed E-state index contributed by atoms with van der Waals surface area (Å²) in [5.41, 5.74) is 12.5. The zero-order valence-corrected chi connectivity index (χ0v) is 14.1. The number of nitrogens with two attached hydrogens (primary N) is 1. The van der Waals surface area contributed by atoms with E-state index >= 15 is 0 Å². The maximum absolute atomic E-state index is 6.38. The molecule has 0 saturated heterocycles. The van der Waals surface area contributed by atoms with Crippen LogP contribution < -0.4 is 10.6 Å². The van der Waals surface area contributed by atoms with E-state index in [0.29, 0.717) is 5.96 Å². The minimum Gasteiger partial charge on any atom is -0.369 e. The van der Waals surface area contributed by atoms with Crippen LogP contribution in [0.4, 0.5) is 11.4 Å².